The van der Waals surface area contributed by atoms with Gasteiger partial charge in [0.25, 0.3) is 21.7 Å². The van der Waals surface area contributed by atoms with E-state index in [1.54, 1.807) is 36.4 Å². The molecule has 2 aromatic rings. The second-order valence-corrected chi connectivity index (χ2v) is 7.48. The van der Waals surface area contributed by atoms with Gasteiger partial charge in [-0.05, 0) is 36.8 Å². The Kier molecular flexibility index (Phi) is 3.75. The Balaban J connectivity index is 1.73. The highest BCUT2D eigenvalue weighted by Crippen LogP contribution is 2.42. The van der Waals surface area contributed by atoms with Crippen molar-refractivity contribution < 1.29 is 22.7 Å². The number of sulfonamides is 1. The summed E-state index contributed by atoms with van der Waals surface area (Å²) < 4.78 is 39.0. The Morgan fingerprint density at radius 2 is 1.76 bits per heavy atom. The zero-order valence-corrected chi connectivity index (χ0v) is 14.0. The molecule has 8 heteroatoms. The molecule has 0 aromatic heterocycles. The van der Waals surface area contributed by atoms with Gasteiger partial charge < -0.3 is 14.8 Å². The number of hydrogen-bond donors (Lipinski definition) is 2. The van der Waals surface area contributed by atoms with E-state index in [1.165, 1.54) is 12.1 Å². The molecule has 0 radical (unpaired) electrons. The van der Waals surface area contributed by atoms with Gasteiger partial charge in [0.1, 0.15) is 0 Å². The molecular weight excluding hydrogens is 344 g/mol. The second-order valence-electron chi connectivity index (χ2n) is 5.80. The minimum absolute atomic E-state index is 0.0313. The maximum atomic E-state index is 12.7. The number of hydrogen-bond acceptors (Lipinski definition) is 5. The van der Waals surface area contributed by atoms with Crippen LogP contribution in [0.5, 0.6) is 0 Å². The summed E-state index contributed by atoms with van der Waals surface area (Å²) in [6.07, 6.45) is 0.678. The average molecular weight is 360 g/mol. The average Bonchev–Trinajstić information content (AvgIpc) is 2.87. The smallest absolute Gasteiger partial charge is 0.289 e. The standard InChI is InChI=1S/C17H16N2O5S/c20-16-17(23-9-4-10-24-17)14-11-13(7-8-15(14)18-16)25(21,22)19-12-5-2-1-3-6-12/h1-3,5-8,11,19H,4,9-10H2,(H,18,20). The molecule has 0 unspecified atom stereocenters. The first kappa shape index (κ1) is 16.1. The Hall–Kier alpha value is -2.42. The van der Waals surface area contributed by atoms with Crippen molar-refractivity contribution in [2.45, 2.75) is 17.1 Å². The largest absolute Gasteiger partial charge is 0.338 e. The highest BCUT2D eigenvalue weighted by molar-refractivity contribution is 7.92. The van der Waals surface area contributed by atoms with Crippen LogP contribution in [0.15, 0.2) is 53.4 Å². The fourth-order valence-corrected chi connectivity index (χ4v) is 4.02. The molecule has 1 amide bonds. The SMILES string of the molecule is O=C1Nc2ccc(S(=O)(=O)Nc3ccccc3)cc2C12OCCCO2. The van der Waals surface area contributed by atoms with Gasteiger partial charge in [0.15, 0.2) is 0 Å². The van der Waals surface area contributed by atoms with Gasteiger partial charge in [-0.2, -0.15) is 0 Å². The van der Waals surface area contributed by atoms with E-state index in [0.29, 0.717) is 36.6 Å². The molecule has 0 saturated carbocycles. The van der Waals surface area contributed by atoms with Crippen molar-refractivity contribution in [3.8, 4) is 0 Å². The van der Waals surface area contributed by atoms with Crippen molar-refractivity contribution in [2.24, 2.45) is 0 Å². The number of para-hydroxylation sites is 1. The van der Waals surface area contributed by atoms with E-state index in [1.807, 2.05) is 0 Å². The number of anilines is 2. The van der Waals surface area contributed by atoms with Crippen LogP contribution < -0.4 is 10.0 Å². The summed E-state index contributed by atoms with van der Waals surface area (Å²) in [5.41, 5.74) is 1.33. The molecule has 4 rings (SSSR count). The lowest BCUT2D eigenvalue weighted by molar-refractivity contribution is -0.255. The van der Waals surface area contributed by atoms with Crippen LogP contribution in [0.1, 0.15) is 12.0 Å². The number of carbonyl (C=O) groups excluding carboxylic acids is 1. The topological polar surface area (TPSA) is 93.7 Å². The van der Waals surface area contributed by atoms with Gasteiger partial charge in [-0.1, -0.05) is 18.2 Å². The molecule has 7 nitrogen and oxygen atoms in total. The fourth-order valence-electron chi connectivity index (χ4n) is 2.94. The van der Waals surface area contributed by atoms with Crippen LogP contribution in [-0.4, -0.2) is 27.5 Å². The van der Waals surface area contributed by atoms with Gasteiger partial charge in [-0.15, -0.1) is 0 Å². The Morgan fingerprint density at radius 3 is 2.48 bits per heavy atom. The molecule has 2 aliphatic rings. The third kappa shape index (κ3) is 2.68. The van der Waals surface area contributed by atoms with Crippen molar-refractivity contribution in [1.82, 2.24) is 0 Å². The first-order valence-corrected chi connectivity index (χ1v) is 9.31. The van der Waals surface area contributed by atoms with Gasteiger partial charge >= 0.3 is 0 Å². The van der Waals surface area contributed by atoms with E-state index in [-0.39, 0.29) is 4.90 Å². The van der Waals surface area contributed by atoms with E-state index in [2.05, 4.69) is 10.0 Å². The third-order valence-corrected chi connectivity index (χ3v) is 5.51. The number of nitrogens with one attached hydrogen (secondary N) is 2. The monoisotopic (exact) mass is 360 g/mol. The van der Waals surface area contributed by atoms with Gasteiger partial charge in [-0.3, -0.25) is 9.52 Å². The molecule has 1 spiro atoms. The minimum atomic E-state index is -3.81. The lowest BCUT2D eigenvalue weighted by Gasteiger charge is -2.31. The normalized spacial score (nSPS) is 18.6. The van der Waals surface area contributed by atoms with Crippen molar-refractivity contribution >= 4 is 27.3 Å². The number of amides is 1. The molecule has 2 heterocycles. The molecule has 1 fully saturated rings. The maximum absolute atomic E-state index is 12.7. The molecule has 0 aliphatic carbocycles. The van der Waals surface area contributed by atoms with Crippen LogP contribution in [0.2, 0.25) is 0 Å². The number of ether oxygens (including phenoxy) is 2. The Morgan fingerprint density at radius 1 is 1.04 bits per heavy atom. The summed E-state index contributed by atoms with van der Waals surface area (Å²) in [6, 6.07) is 13.0. The molecule has 2 aromatic carbocycles. The summed E-state index contributed by atoms with van der Waals surface area (Å²) in [4.78, 5) is 12.4. The highest BCUT2D eigenvalue weighted by Gasteiger charge is 2.51. The molecular formula is C17H16N2O5S. The van der Waals surface area contributed by atoms with E-state index < -0.39 is 21.7 Å². The highest BCUT2D eigenvalue weighted by atomic mass is 32.2. The molecule has 0 atom stereocenters. The molecule has 2 N–H and O–H groups in total. The third-order valence-electron chi connectivity index (χ3n) is 4.13. The maximum Gasteiger partial charge on any atom is 0.289 e. The van der Waals surface area contributed by atoms with Crippen molar-refractivity contribution in [2.75, 3.05) is 23.3 Å². The number of carbonyl (C=O) groups is 1. The quantitative estimate of drug-likeness (QED) is 0.873. The molecule has 1 saturated heterocycles. The predicted octanol–water partition coefficient (Wildman–Crippen LogP) is 2.03. The fraction of sp³-hybridized carbons (Fsp3) is 0.235. The minimum Gasteiger partial charge on any atom is -0.338 e. The zero-order chi connectivity index (χ0) is 17.5. The van der Waals surface area contributed by atoms with E-state index in [0.717, 1.165) is 0 Å². The summed E-state index contributed by atoms with van der Waals surface area (Å²) in [5.74, 6) is -2.00. The number of benzene rings is 2. The lowest BCUT2D eigenvalue weighted by Crippen LogP contribution is -2.43. The second kappa shape index (κ2) is 5.83. The molecule has 130 valence electrons. The van der Waals surface area contributed by atoms with Gasteiger partial charge in [-0.25, -0.2) is 8.42 Å². The lowest BCUT2D eigenvalue weighted by atomic mass is 10.1. The van der Waals surface area contributed by atoms with Crippen LogP contribution in [-0.2, 0) is 30.1 Å². The molecule has 25 heavy (non-hydrogen) atoms. The summed E-state index contributed by atoms with van der Waals surface area (Å²) in [7, 11) is -3.81. The first-order chi connectivity index (χ1) is 12.0. The summed E-state index contributed by atoms with van der Waals surface area (Å²) in [5, 5.41) is 2.68. The first-order valence-electron chi connectivity index (χ1n) is 7.83. The Labute approximate surface area is 145 Å². The van der Waals surface area contributed by atoms with Crippen LogP contribution in [0, 0.1) is 0 Å². The van der Waals surface area contributed by atoms with E-state index >= 15 is 0 Å². The molecule has 0 bridgehead atoms. The predicted molar refractivity (Wildman–Crippen MR) is 90.5 cm³/mol. The van der Waals surface area contributed by atoms with Crippen molar-refractivity contribution in [3.05, 3.63) is 54.1 Å². The number of rotatable bonds is 3. The van der Waals surface area contributed by atoms with Gasteiger partial charge in [0, 0.05) is 11.3 Å². The zero-order valence-electron chi connectivity index (χ0n) is 13.2. The van der Waals surface area contributed by atoms with Gasteiger partial charge in [0.05, 0.1) is 23.8 Å². The summed E-state index contributed by atoms with van der Waals surface area (Å²) in [6.45, 7) is 0.734. The van der Waals surface area contributed by atoms with Crippen LogP contribution in [0.3, 0.4) is 0 Å². The van der Waals surface area contributed by atoms with Crippen LogP contribution in [0.4, 0.5) is 11.4 Å². The Bertz CT molecular complexity index is 921. The van der Waals surface area contributed by atoms with Crippen LogP contribution in [0.25, 0.3) is 0 Å². The van der Waals surface area contributed by atoms with E-state index in [9.17, 15) is 13.2 Å². The number of fused-ring (bicyclic) bond motifs is 2. The van der Waals surface area contributed by atoms with Gasteiger partial charge in [0.2, 0.25) is 0 Å². The van der Waals surface area contributed by atoms with Crippen molar-refractivity contribution in [1.29, 1.82) is 0 Å². The van der Waals surface area contributed by atoms with Crippen molar-refractivity contribution in [3.63, 3.8) is 0 Å². The summed E-state index contributed by atoms with van der Waals surface area (Å²) >= 11 is 0. The van der Waals surface area contributed by atoms with E-state index in [4.69, 9.17) is 9.47 Å². The molecule has 2 aliphatic heterocycles. The van der Waals surface area contributed by atoms with Crippen LogP contribution >= 0.6 is 0 Å².